The third kappa shape index (κ3) is 4.04. The zero-order chi connectivity index (χ0) is 18.8. The topological polar surface area (TPSA) is 80.3 Å². The number of hydrogen-bond donors (Lipinski definition) is 2. The molecule has 4 rings (SSSR count). The van der Waals surface area contributed by atoms with Gasteiger partial charge in [0.05, 0.1) is 17.7 Å². The minimum Gasteiger partial charge on any atom is -0.376 e. The second kappa shape index (κ2) is 7.78. The molecule has 1 aromatic carbocycles. The lowest BCUT2D eigenvalue weighted by molar-refractivity contribution is -0.123. The zero-order valence-corrected chi connectivity index (χ0v) is 16.1. The van der Waals surface area contributed by atoms with E-state index in [0.29, 0.717) is 17.2 Å². The van der Waals surface area contributed by atoms with Gasteiger partial charge in [0.25, 0.3) is 5.91 Å². The normalized spacial score (nSPS) is 21.1. The number of ether oxygens (including phenoxy) is 1. The maximum absolute atomic E-state index is 12.6. The highest BCUT2D eigenvalue weighted by Gasteiger charge is 2.33. The number of thiazole rings is 1. The molecule has 0 radical (unpaired) electrons. The van der Waals surface area contributed by atoms with Gasteiger partial charge in [-0.15, -0.1) is 11.3 Å². The molecule has 2 atom stereocenters. The van der Waals surface area contributed by atoms with Crippen LogP contribution in [0.2, 0.25) is 0 Å². The summed E-state index contributed by atoms with van der Waals surface area (Å²) in [6, 6.07) is 7.41. The number of fused-ring (bicyclic) bond motifs is 1. The second-order valence-electron chi connectivity index (χ2n) is 7.12. The number of rotatable bonds is 5. The molecule has 0 saturated carbocycles. The number of aromatic nitrogens is 1. The minimum absolute atomic E-state index is 0.00552. The first-order valence-electron chi connectivity index (χ1n) is 9.37. The molecule has 1 fully saturated rings. The Labute approximate surface area is 162 Å². The number of amides is 2. The third-order valence-corrected chi connectivity index (χ3v) is 6.14. The molecule has 2 aromatic rings. The van der Waals surface area contributed by atoms with Crippen LogP contribution in [0.15, 0.2) is 24.3 Å². The standard InChI is InChI=1S/C20H23N3O3S/c1-12-4-6-13(7-5-12)18(24)23-20-22-17-15(8-9-16(17)27-20)19(25)21-11-14-3-2-10-26-14/h4-7,14-15H,2-3,8-11H2,1H3,(H,21,25)(H,22,23,24). The zero-order valence-electron chi connectivity index (χ0n) is 15.3. The Hall–Kier alpha value is -2.25. The van der Waals surface area contributed by atoms with Gasteiger partial charge in [-0.2, -0.15) is 0 Å². The molecule has 2 amide bonds. The van der Waals surface area contributed by atoms with E-state index in [1.807, 2.05) is 19.1 Å². The van der Waals surface area contributed by atoms with Gasteiger partial charge in [0.15, 0.2) is 5.13 Å². The molecule has 0 bridgehead atoms. The van der Waals surface area contributed by atoms with Crippen molar-refractivity contribution in [2.75, 3.05) is 18.5 Å². The molecule has 2 unspecified atom stereocenters. The van der Waals surface area contributed by atoms with Crippen molar-refractivity contribution in [2.45, 2.75) is 44.6 Å². The summed E-state index contributed by atoms with van der Waals surface area (Å²) in [5.74, 6) is -0.407. The summed E-state index contributed by atoms with van der Waals surface area (Å²) in [4.78, 5) is 30.6. The van der Waals surface area contributed by atoms with E-state index in [0.717, 1.165) is 48.4 Å². The Balaban J connectivity index is 1.39. The molecule has 0 spiro atoms. The monoisotopic (exact) mass is 385 g/mol. The number of carbonyl (C=O) groups excluding carboxylic acids is 2. The highest BCUT2D eigenvalue weighted by molar-refractivity contribution is 7.16. The molecule has 142 valence electrons. The van der Waals surface area contributed by atoms with E-state index >= 15 is 0 Å². The molecule has 7 heteroatoms. The molecular weight excluding hydrogens is 362 g/mol. The lowest BCUT2D eigenvalue weighted by Gasteiger charge is -2.14. The van der Waals surface area contributed by atoms with Crippen LogP contribution in [0.1, 0.15) is 51.7 Å². The van der Waals surface area contributed by atoms with Crippen LogP contribution in [-0.4, -0.2) is 36.1 Å². The lowest BCUT2D eigenvalue weighted by Crippen LogP contribution is -2.34. The van der Waals surface area contributed by atoms with Crippen molar-refractivity contribution in [3.8, 4) is 0 Å². The van der Waals surface area contributed by atoms with Crippen LogP contribution in [0.4, 0.5) is 5.13 Å². The number of aryl methyl sites for hydroxylation is 2. The van der Waals surface area contributed by atoms with Gasteiger partial charge in [-0.25, -0.2) is 4.98 Å². The van der Waals surface area contributed by atoms with Crippen molar-refractivity contribution in [2.24, 2.45) is 0 Å². The van der Waals surface area contributed by atoms with E-state index in [4.69, 9.17) is 4.74 Å². The third-order valence-electron chi connectivity index (χ3n) is 5.10. The fourth-order valence-corrected chi connectivity index (χ4v) is 4.59. The summed E-state index contributed by atoms with van der Waals surface area (Å²) < 4.78 is 5.56. The highest BCUT2D eigenvalue weighted by Crippen LogP contribution is 2.38. The average Bonchev–Trinajstić information content (AvgIpc) is 3.37. The molecule has 2 N–H and O–H groups in total. The van der Waals surface area contributed by atoms with Crippen LogP contribution < -0.4 is 10.6 Å². The van der Waals surface area contributed by atoms with E-state index in [2.05, 4.69) is 15.6 Å². The van der Waals surface area contributed by atoms with Crippen LogP contribution in [0, 0.1) is 6.92 Å². The van der Waals surface area contributed by atoms with Gasteiger partial charge >= 0.3 is 0 Å². The Morgan fingerprint density at radius 2 is 2.07 bits per heavy atom. The SMILES string of the molecule is Cc1ccc(C(=O)Nc2nc3c(s2)CCC3C(=O)NCC2CCCO2)cc1. The van der Waals surface area contributed by atoms with Gasteiger partial charge < -0.3 is 10.1 Å². The first-order valence-corrected chi connectivity index (χ1v) is 10.2. The molecule has 1 aliphatic heterocycles. The highest BCUT2D eigenvalue weighted by atomic mass is 32.1. The molecule has 1 saturated heterocycles. The van der Waals surface area contributed by atoms with Gasteiger partial charge in [-0.05, 0) is 44.7 Å². The second-order valence-corrected chi connectivity index (χ2v) is 8.20. The quantitative estimate of drug-likeness (QED) is 0.829. The number of nitrogens with one attached hydrogen (secondary N) is 2. The molecule has 2 heterocycles. The fraction of sp³-hybridized carbons (Fsp3) is 0.450. The van der Waals surface area contributed by atoms with Crippen molar-refractivity contribution < 1.29 is 14.3 Å². The summed E-state index contributed by atoms with van der Waals surface area (Å²) in [6.45, 7) is 3.33. The largest absolute Gasteiger partial charge is 0.376 e. The summed E-state index contributed by atoms with van der Waals surface area (Å²) >= 11 is 1.46. The Kier molecular flexibility index (Phi) is 5.22. The molecular formula is C20H23N3O3S. The Bertz CT molecular complexity index is 841. The Morgan fingerprint density at radius 1 is 1.26 bits per heavy atom. The van der Waals surface area contributed by atoms with Crippen LogP contribution in [0.25, 0.3) is 0 Å². The number of benzene rings is 1. The Morgan fingerprint density at radius 3 is 2.81 bits per heavy atom. The van der Waals surface area contributed by atoms with Crippen molar-refractivity contribution in [1.29, 1.82) is 0 Å². The smallest absolute Gasteiger partial charge is 0.257 e. The van der Waals surface area contributed by atoms with Crippen molar-refractivity contribution in [3.63, 3.8) is 0 Å². The van der Waals surface area contributed by atoms with Crippen molar-refractivity contribution in [1.82, 2.24) is 10.3 Å². The predicted octanol–water partition coefficient (Wildman–Crippen LogP) is 3.03. The van der Waals surface area contributed by atoms with Crippen molar-refractivity contribution in [3.05, 3.63) is 46.0 Å². The number of anilines is 1. The number of carbonyl (C=O) groups is 2. The van der Waals surface area contributed by atoms with Crippen LogP contribution >= 0.6 is 11.3 Å². The molecule has 1 aliphatic carbocycles. The van der Waals surface area contributed by atoms with Gasteiger partial charge in [-0.1, -0.05) is 17.7 Å². The van der Waals surface area contributed by atoms with Gasteiger partial charge in [0.2, 0.25) is 5.91 Å². The van der Waals surface area contributed by atoms with Gasteiger partial charge in [0.1, 0.15) is 0 Å². The number of hydrogen-bond acceptors (Lipinski definition) is 5. The van der Waals surface area contributed by atoms with Gasteiger partial charge in [0, 0.05) is 23.6 Å². The van der Waals surface area contributed by atoms with E-state index < -0.39 is 0 Å². The summed E-state index contributed by atoms with van der Waals surface area (Å²) in [6.07, 6.45) is 3.80. The lowest BCUT2D eigenvalue weighted by atomic mass is 10.1. The molecule has 27 heavy (non-hydrogen) atoms. The minimum atomic E-state index is -0.234. The fourth-order valence-electron chi connectivity index (χ4n) is 3.55. The molecule has 2 aliphatic rings. The first kappa shape index (κ1) is 18.1. The van der Waals surface area contributed by atoms with E-state index in [1.165, 1.54) is 11.3 Å². The van der Waals surface area contributed by atoms with E-state index in [1.54, 1.807) is 12.1 Å². The van der Waals surface area contributed by atoms with Crippen molar-refractivity contribution >= 4 is 28.3 Å². The summed E-state index contributed by atoms with van der Waals surface area (Å²) in [5, 5.41) is 6.42. The predicted molar refractivity (Wildman–Crippen MR) is 104 cm³/mol. The maximum Gasteiger partial charge on any atom is 0.257 e. The molecule has 6 nitrogen and oxygen atoms in total. The molecule has 1 aromatic heterocycles. The van der Waals surface area contributed by atoms with Gasteiger partial charge in [-0.3, -0.25) is 14.9 Å². The summed E-state index contributed by atoms with van der Waals surface area (Å²) in [5.41, 5.74) is 2.52. The summed E-state index contributed by atoms with van der Waals surface area (Å²) in [7, 11) is 0. The van der Waals surface area contributed by atoms with Crippen LogP contribution in [0.5, 0.6) is 0 Å². The first-order chi connectivity index (χ1) is 13.1. The van der Waals surface area contributed by atoms with E-state index in [9.17, 15) is 9.59 Å². The maximum atomic E-state index is 12.6. The van der Waals surface area contributed by atoms with E-state index in [-0.39, 0.29) is 23.8 Å². The van der Waals surface area contributed by atoms with Crippen LogP contribution in [-0.2, 0) is 16.0 Å². The van der Waals surface area contributed by atoms with Crippen LogP contribution in [0.3, 0.4) is 0 Å². The number of nitrogens with zero attached hydrogens (tertiary/aromatic N) is 1. The average molecular weight is 385 g/mol.